The Bertz CT molecular complexity index is 1910. The smallest absolute Gasteiger partial charge is 0.416 e. The third-order valence-electron chi connectivity index (χ3n) is 9.19. The average molecular weight is 746 g/mol. The van der Waals surface area contributed by atoms with E-state index in [4.69, 9.17) is 14.5 Å². The van der Waals surface area contributed by atoms with E-state index in [1.54, 1.807) is 60.7 Å². The van der Waals surface area contributed by atoms with Crippen LogP contribution in [0, 0.1) is 0 Å². The Kier molecular flexibility index (Phi) is 12.9. The van der Waals surface area contributed by atoms with Gasteiger partial charge in [0.05, 0.1) is 31.3 Å². The van der Waals surface area contributed by atoms with E-state index in [0.29, 0.717) is 46.8 Å². The molecular formula is C40H39N4NiO7-. The summed E-state index contributed by atoms with van der Waals surface area (Å²) in [5, 5.41) is 15.4. The number of para-hydroxylation sites is 1. The molecule has 2 aliphatic heterocycles. The Balaban J connectivity index is 0.00000523. The number of nitrogens with zero attached hydrogens (tertiary/aromatic N) is 4. The van der Waals surface area contributed by atoms with Crippen LogP contribution in [0.25, 0.3) is 5.32 Å². The van der Waals surface area contributed by atoms with Crippen LogP contribution < -0.4 is 4.74 Å². The fraction of sp³-hybridized carbons (Fsp3) is 0.275. The Morgan fingerprint density at radius 3 is 2.35 bits per heavy atom. The normalized spacial score (nSPS) is 17.1. The zero-order chi connectivity index (χ0) is 35.7. The van der Waals surface area contributed by atoms with E-state index >= 15 is 0 Å². The van der Waals surface area contributed by atoms with Crippen molar-refractivity contribution in [2.24, 2.45) is 4.99 Å². The largest absolute Gasteiger partial charge is 0.625 e. The van der Waals surface area contributed by atoms with Gasteiger partial charge in [-0.3, -0.25) is 14.7 Å². The molecule has 0 aliphatic carbocycles. The van der Waals surface area contributed by atoms with Crippen LogP contribution in [0.4, 0.5) is 10.5 Å². The quantitative estimate of drug-likeness (QED) is 0.124. The van der Waals surface area contributed by atoms with Gasteiger partial charge < -0.3 is 24.7 Å². The van der Waals surface area contributed by atoms with Gasteiger partial charge in [-0.15, -0.1) is 5.69 Å². The number of amides is 3. The van der Waals surface area contributed by atoms with Gasteiger partial charge in [0.15, 0.2) is 6.04 Å². The zero-order valence-electron chi connectivity index (χ0n) is 28.6. The minimum atomic E-state index is -1.49. The van der Waals surface area contributed by atoms with Crippen molar-refractivity contribution in [2.45, 2.75) is 43.8 Å². The number of methoxy groups -OCH3 is 1. The molecule has 0 saturated carbocycles. The first-order valence-corrected chi connectivity index (χ1v) is 16.9. The van der Waals surface area contributed by atoms with Gasteiger partial charge >= 0.3 is 12.1 Å². The van der Waals surface area contributed by atoms with E-state index in [2.05, 4.69) is 10.2 Å². The van der Waals surface area contributed by atoms with Crippen molar-refractivity contribution in [3.63, 3.8) is 0 Å². The van der Waals surface area contributed by atoms with Gasteiger partial charge in [-0.2, -0.15) is 0 Å². The summed E-state index contributed by atoms with van der Waals surface area (Å²) in [6.45, 7) is 1.55. The number of imide groups is 1. The molecule has 4 aromatic rings. The van der Waals surface area contributed by atoms with E-state index in [-0.39, 0.29) is 42.0 Å². The molecule has 0 aromatic heterocycles. The molecule has 2 heterocycles. The molecule has 1 N–H and O–H groups in total. The molecule has 0 spiro atoms. The van der Waals surface area contributed by atoms with Gasteiger partial charge in [-0.25, -0.2) is 14.5 Å². The number of carbonyl (C=O) groups is 4. The maximum Gasteiger partial charge on any atom is 0.416 e. The van der Waals surface area contributed by atoms with Crippen molar-refractivity contribution in [1.29, 1.82) is 0 Å². The number of rotatable bonds is 13. The Hall–Kier alpha value is -5.32. The number of benzene rings is 4. The predicted octanol–water partition coefficient (Wildman–Crippen LogP) is 6.33. The number of hydrogen-bond donors (Lipinski definition) is 1. The summed E-state index contributed by atoms with van der Waals surface area (Å²) in [5.41, 5.74) is 3.32. The summed E-state index contributed by atoms with van der Waals surface area (Å²) >= 11 is 0. The molecule has 11 nitrogen and oxygen atoms in total. The monoisotopic (exact) mass is 745 g/mol. The van der Waals surface area contributed by atoms with Crippen molar-refractivity contribution < 1.29 is 50.2 Å². The number of likely N-dealkylation sites (tertiary alicyclic amines) is 1. The number of aliphatic carboxylic acids is 1. The molecule has 0 unspecified atom stereocenters. The molecule has 272 valence electrons. The SMILES string of the molecule is COc1cccc([C@H](CC(=O)N2CCOC2=O)[C@@H](N=C(c2ccccc2)c2ccccc2[N-]C(=O)[C@@H]2CCCN2Cc2ccccc2)C(=O)O)c1.[Ni]. The van der Waals surface area contributed by atoms with Gasteiger partial charge in [0.25, 0.3) is 0 Å². The van der Waals surface area contributed by atoms with Gasteiger partial charge in [0, 0.05) is 40.9 Å². The number of aliphatic imine (C=N–C) groups is 1. The second-order valence-corrected chi connectivity index (χ2v) is 12.5. The molecule has 0 radical (unpaired) electrons. The minimum absolute atomic E-state index is 0. The van der Waals surface area contributed by atoms with Crippen LogP contribution >= 0.6 is 0 Å². The summed E-state index contributed by atoms with van der Waals surface area (Å²) in [7, 11) is 1.49. The summed E-state index contributed by atoms with van der Waals surface area (Å²) in [6.07, 6.45) is 0.443. The van der Waals surface area contributed by atoms with Crippen LogP contribution in [0.5, 0.6) is 5.75 Å². The molecule has 6 rings (SSSR count). The standard InChI is InChI=1S/C40H40N4O7.Ni/c1-50-30-17-10-16-29(24-30)32(25-35(45)44-22-23-51-40(44)49)37(39(47)48)42-36(28-14-6-3-7-15-28)31-18-8-9-19-33(31)41-38(46)34-20-11-21-43(34)26-27-12-4-2-5-13-27;/h2-10,12-19,24,32,34,37H,11,20-23,25-26H2,1H3,(H2,41,42,46,47,48);/p-1/t32-,34-,37+;/m0./s1. The van der Waals surface area contributed by atoms with Crippen LogP contribution in [0.15, 0.2) is 114 Å². The topological polar surface area (TPSA) is 140 Å². The van der Waals surface area contributed by atoms with Crippen molar-refractivity contribution in [1.82, 2.24) is 9.80 Å². The first-order chi connectivity index (χ1) is 24.8. The Morgan fingerprint density at radius 1 is 0.942 bits per heavy atom. The molecule has 2 aliphatic rings. The fourth-order valence-corrected chi connectivity index (χ4v) is 6.63. The molecule has 12 heteroatoms. The maximum absolute atomic E-state index is 13.9. The summed E-state index contributed by atoms with van der Waals surface area (Å²) in [5.74, 6) is -2.67. The average Bonchev–Trinajstić information content (AvgIpc) is 3.81. The third-order valence-corrected chi connectivity index (χ3v) is 9.19. The number of carbonyl (C=O) groups excluding carboxylic acids is 3. The van der Waals surface area contributed by atoms with E-state index in [1.165, 1.54) is 7.11 Å². The molecule has 2 saturated heterocycles. The molecule has 0 bridgehead atoms. The molecule has 52 heavy (non-hydrogen) atoms. The minimum Gasteiger partial charge on any atom is -0.625 e. The summed E-state index contributed by atoms with van der Waals surface area (Å²) < 4.78 is 10.4. The molecule has 3 atom stereocenters. The maximum atomic E-state index is 13.9. The zero-order valence-corrected chi connectivity index (χ0v) is 29.6. The first kappa shape index (κ1) is 37.9. The number of ether oxygens (including phenoxy) is 2. The summed E-state index contributed by atoms with van der Waals surface area (Å²) in [6, 6.07) is 31.0. The number of cyclic esters (lactones) is 1. The molecular weight excluding hydrogens is 707 g/mol. The van der Waals surface area contributed by atoms with E-state index < -0.39 is 36.0 Å². The van der Waals surface area contributed by atoms with Crippen molar-refractivity contribution in [2.75, 3.05) is 26.8 Å². The number of hydrogen-bond acceptors (Lipinski definition) is 8. The van der Waals surface area contributed by atoms with Gasteiger partial charge in [-0.05, 0) is 48.2 Å². The number of carboxylic acids is 1. The van der Waals surface area contributed by atoms with Gasteiger partial charge in [0.2, 0.25) is 5.91 Å². The Morgan fingerprint density at radius 2 is 1.65 bits per heavy atom. The van der Waals surface area contributed by atoms with Crippen LogP contribution in [-0.4, -0.2) is 83.4 Å². The van der Waals surface area contributed by atoms with Gasteiger partial charge in [-0.1, -0.05) is 97.1 Å². The van der Waals surface area contributed by atoms with Crippen LogP contribution in [0.3, 0.4) is 0 Å². The second kappa shape index (κ2) is 17.8. The summed E-state index contributed by atoms with van der Waals surface area (Å²) in [4.78, 5) is 60.9. The van der Waals surface area contributed by atoms with E-state index in [0.717, 1.165) is 23.4 Å². The molecule has 4 aromatic carbocycles. The second-order valence-electron chi connectivity index (χ2n) is 12.5. The fourth-order valence-electron chi connectivity index (χ4n) is 6.63. The van der Waals surface area contributed by atoms with Crippen LogP contribution in [-0.2, 0) is 42.2 Å². The number of carboxylic acid groups (broad SMARTS) is 1. The van der Waals surface area contributed by atoms with Gasteiger partial charge in [0.1, 0.15) is 12.4 Å². The van der Waals surface area contributed by atoms with E-state index in [1.807, 2.05) is 48.5 Å². The third kappa shape index (κ3) is 8.94. The van der Waals surface area contributed by atoms with E-state index in [9.17, 15) is 24.3 Å². The Labute approximate surface area is 312 Å². The first-order valence-electron chi connectivity index (χ1n) is 16.9. The van der Waals surface area contributed by atoms with Crippen LogP contribution in [0.1, 0.15) is 47.4 Å². The molecule has 3 amide bonds. The van der Waals surface area contributed by atoms with Crippen molar-refractivity contribution >= 4 is 35.3 Å². The van der Waals surface area contributed by atoms with Crippen molar-refractivity contribution in [3.8, 4) is 5.75 Å². The van der Waals surface area contributed by atoms with Crippen LogP contribution in [0.2, 0.25) is 0 Å². The predicted molar refractivity (Wildman–Crippen MR) is 191 cm³/mol. The van der Waals surface area contributed by atoms with Crippen molar-refractivity contribution in [3.05, 3.63) is 137 Å². The molecule has 2 fully saturated rings.